The van der Waals surface area contributed by atoms with Crippen molar-refractivity contribution < 1.29 is 26.8 Å². The van der Waals surface area contributed by atoms with Crippen LogP contribution < -0.4 is 14.2 Å². The predicted octanol–water partition coefficient (Wildman–Crippen LogP) is 4.96. The first-order valence-corrected chi connectivity index (χ1v) is 12.4. The van der Waals surface area contributed by atoms with E-state index < -0.39 is 15.8 Å². The molecule has 0 radical (unpaired) electrons. The summed E-state index contributed by atoms with van der Waals surface area (Å²) in [6.07, 6.45) is 3.60. The molecule has 13 heteroatoms. The van der Waals surface area contributed by atoms with Gasteiger partial charge in [0.15, 0.2) is 5.82 Å². The number of nitrogens with zero attached hydrogens (tertiary/aromatic N) is 4. The summed E-state index contributed by atoms with van der Waals surface area (Å²) in [4.78, 5) is 12.6. The van der Waals surface area contributed by atoms with E-state index in [1.54, 1.807) is 18.2 Å². The summed E-state index contributed by atoms with van der Waals surface area (Å²) < 4.78 is 57.4. The van der Waals surface area contributed by atoms with Crippen LogP contribution in [0.5, 0.6) is 11.6 Å². The first-order valence-electron chi connectivity index (χ1n) is 10.6. The molecular weight excluding hydrogens is 525 g/mol. The van der Waals surface area contributed by atoms with Crippen LogP contribution >= 0.6 is 11.6 Å². The summed E-state index contributed by atoms with van der Waals surface area (Å²) >= 11 is 6.62. The van der Waals surface area contributed by atoms with Crippen molar-refractivity contribution in [2.24, 2.45) is 0 Å². The molecule has 2 aromatic carbocycles. The van der Waals surface area contributed by atoms with Crippen LogP contribution in [0.2, 0.25) is 5.02 Å². The molecule has 0 unspecified atom stereocenters. The Morgan fingerprint density at radius 1 is 0.973 bits per heavy atom. The number of halogens is 2. The van der Waals surface area contributed by atoms with Crippen molar-refractivity contribution in [2.45, 2.75) is 4.90 Å². The third-order valence-corrected chi connectivity index (χ3v) is 7.11. The largest absolute Gasteiger partial charge is 0.496 e. The molecule has 0 aliphatic heterocycles. The third-order valence-electron chi connectivity index (χ3n) is 5.44. The molecule has 5 rings (SSSR count). The lowest BCUT2D eigenvalue weighted by atomic mass is 10.00. The molecule has 0 fully saturated rings. The minimum Gasteiger partial charge on any atom is -0.496 e. The predicted molar refractivity (Wildman–Crippen MR) is 134 cm³/mol. The summed E-state index contributed by atoms with van der Waals surface area (Å²) in [7, 11) is -1.05. The van der Waals surface area contributed by atoms with Crippen LogP contribution in [-0.4, -0.2) is 42.7 Å². The molecule has 3 aromatic heterocycles. The highest BCUT2D eigenvalue weighted by molar-refractivity contribution is 7.92. The summed E-state index contributed by atoms with van der Waals surface area (Å²) in [6.45, 7) is 0. The van der Waals surface area contributed by atoms with Gasteiger partial charge in [-0.3, -0.25) is 4.72 Å². The van der Waals surface area contributed by atoms with Gasteiger partial charge in [-0.05, 0) is 36.4 Å². The minimum absolute atomic E-state index is 0.0290. The Balaban J connectivity index is 1.61. The number of sulfonamides is 1. The average Bonchev–Trinajstić information content (AvgIpc) is 3.40. The van der Waals surface area contributed by atoms with E-state index in [1.165, 1.54) is 51.1 Å². The van der Waals surface area contributed by atoms with Gasteiger partial charge in [0.25, 0.3) is 10.0 Å². The van der Waals surface area contributed by atoms with Gasteiger partial charge in [0.2, 0.25) is 5.88 Å². The number of methoxy groups -OCH3 is 2. The number of fused-ring (bicyclic) bond motifs is 1. The molecule has 0 aliphatic carbocycles. The van der Waals surface area contributed by atoms with Crippen LogP contribution in [0, 0.1) is 5.82 Å². The Morgan fingerprint density at radius 2 is 1.81 bits per heavy atom. The molecule has 0 saturated carbocycles. The zero-order chi connectivity index (χ0) is 26.2. The minimum atomic E-state index is -3.95. The normalized spacial score (nSPS) is 11.5. The molecule has 10 nitrogen and oxygen atoms in total. The molecule has 37 heavy (non-hydrogen) atoms. The number of pyridine rings is 1. The Kier molecular flexibility index (Phi) is 6.36. The fourth-order valence-corrected chi connectivity index (χ4v) is 5.05. The third kappa shape index (κ3) is 4.63. The summed E-state index contributed by atoms with van der Waals surface area (Å²) in [5, 5.41) is 4.38. The number of benzene rings is 2. The monoisotopic (exact) mass is 541 g/mol. The number of aromatic nitrogens is 4. The number of hydrogen-bond acceptors (Lipinski definition) is 9. The van der Waals surface area contributed by atoms with Crippen LogP contribution in [0.1, 0.15) is 0 Å². The maximum atomic E-state index is 14.0. The van der Waals surface area contributed by atoms with Crippen molar-refractivity contribution in [3.05, 3.63) is 72.1 Å². The standard InChI is InChI=1S/C24H17ClFN5O5S/c1-34-21-10-16(17-7-13(26)11-27-24(17)35-2)19(25)9-18(21)23-15-4-3-14(8-20(15)28-12-29-23)37(32,33)31-22-5-6-36-30-22/h3-12H,1-2H3,(H,30,31). The number of hydrogen-bond donors (Lipinski definition) is 1. The van der Waals surface area contributed by atoms with E-state index in [4.69, 9.17) is 21.1 Å². The van der Waals surface area contributed by atoms with Gasteiger partial charge < -0.3 is 14.0 Å². The van der Waals surface area contributed by atoms with Crippen LogP contribution in [-0.2, 0) is 10.0 Å². The highest BCUT2D eigenvalue weighted by Crippen LogP contribution is 2.42. The van der Waals surface area contributed by atoms with Crippen molar-refractivity contribution in [1.82, 2.24) is 20.1 Å². The van der Waals surface area contributed by atoms with Gasteiger partial charge >= 0.3 is 0 Å². The van der Waals surface area contributed by atoms with Crippen molar-refractivity contribution in [2.75, 3.05) is 18.9 Å². The molecule has 0 aliphatic rings. The van der Waals surface area contributed by atoms with Gasteiger partial charge in [0.05, 0.1) is 36.5 Å². The molecule has 1 N–H and O–H groups in total. The molecule has 0 spiro atoms. The highest BCUT2D eigenvalue weighted by Gasteiger charge is 2.21. The van der Waals surface area contributed by atoms with E-state index in [0.717, 1.165) is 6.20 Å². The van der Waals surface area contributed by atoms with Crippen molar-refractivity contribution in [1.29, 1.82) is 0 Å². The van der Waals surface area contributed by atoms with E-state index >= 15 is 0 Å². The average molecular weight is 542 g/mol. The Hall–Kier alpha value is -4.29. The van der Waals surface area contributed by atoms with Gasteiger partial charge in [-0.2, -0.15) is 0 Å². The fraction of sp³-hybridized carbons (Fsp3) is 0.0833. The van der Waals surface area contributed by atoms with Crippen molar-refractivity contribution in [3.8, 4) is 34.0 Å². The molecule has 0 atom stereocenters. The fourth-order valence-electron chi connectivity index (χ4n) is 3.78. The quantitative estimate of drug-likeness (QED) is 0.304. The summed E-state index contributed by atoms with van der Waals surface area (Å²) in [5.41, 5.74) is 2.12. The Bertz CT molecular complexity index is 1730. The molecule has 0 saturated heterocycles. The van der Waals surface area contributed by atoms with E-state index in [1.807, 2.05) is 0 Å². The maximum Gasteiger partial charge on any atom is 0.263 e. The van der Waals surface area contributed by atoms with Gasteiger partial charge in [-0.1, -0.05) is 16.8 Å². The number of nitrogens with one attached hydrogen (secondary N) is 1. The topological polar surface area (TPSA) is 129 Å². The maximum absolute atomic E-state index is 14.0. The first-order chi connectivity index (χ1) is 17.8. The second-order valence-corrected chi connectivity index (χ2v) is 9.72. The Labute approximate surface area is 215 Å². The number of rotatable bonds is 7. The summed E-state index contributed by atoms with van der Waals surface area (Å²) in [5.74, 6) is 0.0715. The lowest BCUT2D eigenvalue weighted by molar-refractivity contribution is 0.397. The van der Waals surface area contributed by atoms with Crippen LogP contribution in [0.3, 0.4) is 0 Å². The van der Waals surface area contributed by atoms with Gasteiger partial charge in [0, 0.05) is 33.2 Å². The summed E-state index contributed by atoms with van der Waals surface area (Å²) in [6, 6.07) is 10.3. The van der Waals surface area contributed by atoms with Crippen molar-refractivity contribution >= 4 is 38.3 Å². The number of anilines is 1. The van der Waals surface area contributed by atoms with Gasteiger partial charge in [0.1, 0.15) is 24.2 Å². The Morgan fingerprint density at radius 3 is 2.54 bits per heavy atom. The molecule has 0 bridgehead atoms. The van der Waals surface area contributed by atoms with E-state index in [-0.39, 0.29) is 21.6 Å². The second kappa shape index (κ2) is 9.64. The molecule has 3 heterocycles. The molecular formula is C24H17ClFN5O5S. The lowest BCUT2D eigenvalue weighted by Crippen LogP contribution is -2.13. The highest BCUT2D eigenvalue weighted by atomic mass is 35.5. The van der Waals surface area contributed by atoms with Crippen LogP contribution in [0.4, 0.5) is 10.2 Å². The first kappa shape index (κ1) is 24.4. The van der Waals surface area contributed by atoms with E-state index in [9.17, 15) is 12.8 Å². The molecule has 188 valence electrons. The number of ether oxygens (including phenoxy) is 2. The van der Waals surface area contributed by atoms with Crippen molar-refractivity contribution in [3.63, 3.8) is 0 Å². The molecule has 0 amide bonds. The second-order valence-electron chi connectivity index (χ2n) is 7.63. The smallest absolute Gasteiger partial charge is 0.263 e. The van der Waals surface area contributed by atoms with Crippen LogP contribution in [0.25, 0.3) is 33.3 Å². The molecule has 5 aromatic rings. The van der Waals surface area contributed by atoms with E-state index in [0.29, 0.717) is 39.0 Å². The van der Waals surface area contributed by atoms with Gasteiger partial charge in [-0.15, -0.1) is 0 Å². The zero-order valence-electron chi connectivity index (χ0n) is 19.3. The van der Waals surface area contributed by atoms with E-state index in [2.05, 4.69) is 29.4 Å². The van der Waals surface area contributed by atoms with Gasteiger partial charge in [-0.25, -0.2) is 27.8 Å². The van der Waals surface area contributed by atoms with Crippen LogP contribution in [0.15, 0.2) is 70.7 Å². The SMILES string of the molecule is COc1cc(-c2cc(F)cnc2OC)c(Cl)cc1-c1ncnc2cc(S(=O)(=O)Nc3ccon3)ccc12. The zero-order valence-corrected chi connectivity index (χ0v) is 20.8. The lowest BCUT2D eigenvalue weighted by Gasteiger charge is -2.15.